The summed E-state index contributed by atoms with van der Waals surface area (Å²) in [6, 6.07) is 17.2. The van der Waals surface area contributed by atoms with Gasteiger partial charge in [0.1, 0.15) is 0 Å². The van der Waals surface area contributed by atoms with Crippen molar-refractivity contribution < 1.29 is 0 Å². The van der Waals surface area contributed by atoms with Crippen molar-refractivity contribution >= 4 is 23.2 Å². The molecule has 2 aliphatic carbocycles. The Kier molecular flexibility index (Phi) is 5.40. The van der Waals surface area contributed by atoms with E-state index in [0.29, 0.717) is 6.04 Å². The Bertz CT molecular complexity index is 750. The molecule has 2 aromatic carbocycles. The van der Waals surface area contributed by atoms with Gasteiger partial charge >= 0.3 is 0 Å². The van der Waals surface area contributed by atoms with Gasteiger partial charge in [-0.1, -0.05) is 53.5 Å². The molecule has 0 saturated heterocycles. The van der Waals surface area contributed by atoms with Crippen LogP contribution in [0.2, 0.25) is 10.0 Å². The fourth-order valence-electron chi connectivity index (χ4n) is 4.03. The zero-order chi connectivity index (χ0) is 18.1. The van der Waals surface area contributed by atoms with Crippen LogP contribution in [0.5, 0.6) is 0 Å². The lowest BCUT2D eigenvalue weighted by Gasteiger charge is -2.32. The van der Waals surface area contributed by atoms with Gasteiger partial charge in [-0.05, 0) is 72.9 Å². The highest BCUT2D eigenvalue weighted by Gasteiger charge is 2.43. The van der Waals surface area contributed by atoms with Gasteiger partial charge in [0.2, 0.25) is 0 Å². The third-order valence-electron chi connectivity index (χ3n) is 5.71. The maximum absolute atomic E-state index is 6.27. The highest BCUT2D eigenvalue weighted by atomic mass is 35.5. The number of hydrogen-bond donors (Lipinski definition) is 1. The molecule has 2 aliphatic rings. The van der Waals surface area contributed by atoms with Gasteiger partial charge in [0.15, 0.2) is 0 Å². The van der Waals surface area contributed by atoms with Crippen LogP contribution in [0.4, 0.5) is 0 Å². The van der Waals surface area contributed by atoms with E-state index in [1.807, 2.05) is 24.3 Å². The van der Waals surface area contributed by atoms with Crippen LogP contribution in [0, 0.1) is 11.8 Å². The molecule has 26 heavy (non-hydrogen) atoms. The fourth-order valence-corrected chi connectivity index (χ4v) is 4.36. The normalized spacial score (nSPS) is 19.3. The molecule has 3 heteroatoms. The Balaban J connectivity index is 1.68. The summed E-state index contributed by atoms with van der Waals surface area (Å²) in [6.45, 7) is 4.15. The van der Waals surface area contributed by atoms with E-state index in [4.69, 9.17) is 23.2 Å². The first kappa shape index (κ1) is 18.1. The number of benzene rings is 2. The number of halogens is 2. The average molecular weight is 386 g/mol. The molecule has 0 radical (unpaired) electrons. The quantitative estimate of drug-likeness (QED) is 0.493. The van der Waals surface area contributed by atoms with E-state index in [1.165, 1.54) is 36.8 Å². The molecule has 136 valence electrons. The van der Waals surface area contributed by atoms with Gasteiger partial charge in [0, 0.05) is 28.0 Å². The summed E-state index contributed by atoms with van der Waals surface area (Å²) in [6.07, 6.45) is 7.48. The molecule has 0 spiro atoms. The minimum Gasteiger partial charge on any atom is -0.306 e. The van der Waals surface area contributed by atoms with E-state index in [0.717, 1.165) is 21.9 Å². The van der Waals surface area contributed by atoms with Crippen LogP contribution in [-0.2, 0) is 0 Å². The molecular formula is C23H25Cl2N. The standard InChI is InChI=1S/C23H25Cl2N/c1-2-21(18-4-3-5-20(25)14-18)23(17-10-12-19(24)13-11-17)26-22(15-6-7-15)16-8-9-16/h2-5,10-16,21-23,26H,1,6-9H2/t21-,23?/m1/s1. The topological polar surface area (TPSA) is 12.0 Å². The molecule has 2 fully saturated rings. The smallest absolute Gasteiger partial charge is 0.0427 e. The van der Waals surface area contributed by atoms with E-state index in [1.54, 1.807) is 0 Å². The SMILES string of the molecule is C=C[C@H](c1cccc(Cl)c1)C(NC(C1CC1)C1CC1)c1ccc(Cl)cc1. The van der Waals surface area contributed by atoms with Crippen molar-refractivity contribution in [1.82, 2.24) is 5.32 Å². The lowest BCUT2D eigenvalue weighted by atomic mass is 9.86. The first-order valence-corrected chi connectivity index (χ1v) is 10.3. The zero-order valence-corrected chi connectivity index (χ0v) is 16.4. The Labute approximate surface area is 166 Å². The van der Waals surface area contributed by atoms with Crippen molar-refractivity contribution in [3.8, 4) is 0 Å². The van der Waals surface area contributed by atoms with Gasteiger partial charge in [-0.3, -0.25) is 0 Å². The van der Waals surface area contributed by atoms with Gasteiger partial charge in [0.25, 0.3) is 0 Å². The Morgan fingerprint density at radius 2 is 1.54 bits per heavy atom. The molecule has 4 rings (SSSR count). The van der Waals surface area contributed by atoms with Crippen molar-refractivity contribution in [2.24, 2.45) is 11.8 Å². The molecule has 0 bridgehead atoms. The first-order valence-electron chi connectivity index (χ1n) is 9.55. The second kappa shape index (κ2) is 7.76. The van der Waals surface area contributed by atoms with Crippen molar-refractivity contribution in [2.75, 3.05) is 0 Å². The molecule has 2 aromatic rings. The van der Waals surface area contributed by atoms with E-state index >= 15 is 0 Å². The van der Waals surface area contributed by atoms with Gasteiger partial charge in [-0.2, -0.15) is 0 Å². The van der Waals surface area contributed by atoms with Gasteiger partial charge < -0.3 is 5.32 Å². The summed E-state index contributed by atoms with van der Waals surface area (Å²) < 4.78 is 0. The van der Waals surface area contributed by atoms with Crippen molar-refractivity contribution in [3.63, 3.8) is 0 Å². The maximum atomic E-state index is 6.27. The Morgan fingerprint density at radius 3 is 2.08 bits per heavy atom. The first-order chi connectivity index (χ1) is 12.7. The Hall–Kier alpha value is -1.28. The van der Waals surface area contributed by atoms with E-state index < -0.39 is 0 Å². The monoisotopic (exact) mass is 385 g/mol. The van der Waals surface area contributed by atoms with E-state index in [2.05, 4.69) is 42.2 Å². The van der Waals surface area contributed by atoms with Gasteiger partial charge in [-0.15, -0.1) is 6.58 Å². The van der Waals surface area contributed by atoms with Crippen molar-refractivity contribution in [1.29, 1.82) is 0 Å². The Morgan fingerprint density at radius 1 is 0.885 bits per heavy atom. The molecule has 1 nitrogen and oxygen atoms in total. The molecule has 1 unspecified atom stereocenters. The van der Waals surface area contributed by atoms with Crippen molar-refractivity contribution in [2.45, 2.75) is 43.7 Å². The van der Waals surface area contributed by atoms with E-state index in [9.17, 15) is 0 Å². The molecule has 0 amide bonds. The van der Waals surface area contributed by atoms with Gasteiger partial charge in [-0.25, -0.2) is 0 Å². The third kappa shape index (κ3) is 4.17. The highest BCUT2D eigenvalue weighted by molar-refractivity contribution is 6.30. The molecule has 0 aromatic heterocycles. The zero-order valence-electron chi connectivity index (χ0n) is 14.9. The van der Waals surface area contributed by atoms with Crippen LogP contribution in [0.25, 0.3) is 0 Å². The summed E-state index contributed by atoms with van der Waals surface area (Å²) in [5, 5.41) is 5.56. The lowest BCUT2D eigenvalue weighted by molar-refractivity contribution is 0.349. The maximum Gasteiger partial charge on any atom is 0.0427 e. The van der Waals surface area contributed by atoms with Gasteiger partial charge in [0.05, 0.1) is 0 Å². The van der Waals surface area contributed by atoms with Crippen LogP contribution < -0.4 is 5.32 Å². The summed E-state index contributed by atoms with van der Waals surface area (Å²) in [5.41, 5.74) is 2.45. The van der Waals surface area contributed by atoms with Crippen LogP contribution in [-0.4, -0.2) is 6.04 Å². The molecular weight excluding hydrogens is 361 g/mol. The summed E-state index contributed by atoms with van der Waals surface area (Å²) in [4.78, 5) is 0. The van der Waals surface area contributed by atoms with Crippen LogP contribution in [0.1, 0.15) is 48.8 Å². The molecule has 2 atom stereocenters. The fraction of sp³-hybridized carbons (Fsp3) is 0.391. The minimum atomic E-state index is 0.162. The minimum absolute atomic E-state index is 0.162. The van der Waals surface area contributed by atoms with Crippen LogP contribution in [0.3, 0.4) is 0 Å². The average Bonchev–Trinajstić information content (AvgIpc) is 3.54. The predicted molar refractivity (Wildman–Crippen MR) is 111 cm³/mol. The largest absolute Gasteiger partial charge is 0.306 e. The summed E-state index contributed by atoms with van der Waals surface area (Å²) >= 11 is 12.4. The summed E-state index contributed by atoms with van der Waals surface area (Å²) in [5.74, 6) is 1.83. The highest BCUT2D eigenvalue weighted by Crippen LogP contribution is 2.46. The molecule has 0 heterocycles. The van der Waals surface area contributed by atoms with Crippen LogP contribution >= 0.6 is 23.2 Å². The summed E-state index contributed by atoms with van der Waals surface area (Å²) in [7, 11) is 0. The molecule has 0 aliphatic heterocycles. The van der Waals surface area contributed by atoms with Crippen LogP contribution in [0.15, 0.2) is 61.2 Å². The lowest BCUT2D eigenvalue weighted by Crippen LogP contribution is -2.38. The number of nitrogens with one attached hydrogen (secondary N) is 1. The molecule has 1 N–H and O–H groups in total. The number of hydrogen-bond acceptors (Lipinski definition) is 1. The molecule has 2 saturated carbocycles. The van der Waals surface area contributed by atoms with Crippen molar-refractivity contribution in [3.05, 3.63) is 82.4 Å². The third-order valence-corrected chi connectivity index (χ3v) is 6.19. The number of rotatable bonds is 8. The van der Waals surface area contributed by atoms with E-state index in [-0.39, 0.29) is 12.0 Å². The second-order valence-electron chi connectivity index (χ2n) is 7.71. The predicted octanol–water partition coefficient (Wildman–Crippen LogP) is 6.78. The second-order valence-corrected chi connectivity index (χ2v) is 8.59.